The maximum atomic E-state index is 9.22. The van der Waals surface area contributed by atoms with Crippen LogP contribution in [-0.2, 0) is 29.2 Å². The molecule has 1 heterocycles. The molecule has 0 bridgehead atoms. The van der Waals surface area contributed by atoms with Crippen LogP contribution in [0.1, 0.15) is 0 Å². The Kier molecular flexibility index (Phi) is 11.0. The summed E-state index contributed by atoms with van der Waals surface area (Å²) in [4.78, 5) is 3.06. The first kappa shape index (κ1) is 20.2. The topological polar surface area (TPSA) is 149 Å². The molecule has 1 aromatic heterocycles. The quantitative estimate of drug-likeness (QED) is 0.440. The van der Waals surface area contributed by atoms with E-state index in [-0.39, 0.29) is 0 Å². The first-order valence-corrected chi connectivity index (χ1v) is 8.25. The van der Waals surface area contributed by atoms with E-state index in [2.05, 4.69) is 19.4 Å². The Morgan fingerprint density at radius 1 is 1.11 bits per heavy atom. The van der Waals surface area contributed by atoms with Gasteiger partial charge in [-0.2, -0.15) is 0 Å². The fourth-order valence-electron chi connectivity index (χ4n) is 0.344. The molecule has 1 aromatic rings. The van der Waals surface area contributed by atoms with E-state index in [1.54, 1.807) is 0 Å². The van der Waals surface area contributed by atoms with Crippen molar-refractivity contribution in [3.63, 3.8) is 0 Å². The predicted molar refractivity (Wildman–Crippen MR) is 59.6 cm³/mol. The van der Waals surface area contributed by atoms with Gasteiger partial charge >= 0.3 is 51.1 Å². The molecule has 0 aliphatic carbocycles. The number of rotatable bonds is 2. The van der Waals surface area contributed by atoms with E-state index in [1.165, 1.54) is 27.8 Å². The van der Waals surface area contributed by atoms with E-state index in [0.29, 0.717) is 0 Å². The van der Waals surface area contributed by atoms with Crippen molar-refractivity contribution in [2.24, 2.45) is 0 Å². The van der Waals surface area contributed by atoms with Gasteiger partial charge in [-0.3, -0.25) is 8.37 Å². The summed E-state index contributed by atoms with van der Waals surface area (Å²) in [6.07, 6.45) is 1.94. The molecule has 0 aliphatic heterocycles. The molecular formula is C6H10InNO8S2. The Bertz CT molecular complexity index is 462. The molecule has 0 saturated carbocycles. The van der Waals surface area contributed by atoms with E-state index in [9.17, 15) is 25.9 Å². The summed E-state index contributed by atoms with van der Waals surface area (Å²) in [6.45, 7) is 0. The first-order valence-electron chi connectivity index (χ1n) is 3.93. The van der Waals surface area contributed by atoms with Crippen molar-refractivity contribution in [2.75, 3.05) is 14.2 Å². The first-order chi connectivity index (χ1) is 8.02. The van der Waals surface area contributed by atoms with Gasteiger partial charge in [0.2, 0.25) is 20.8 Å². The molecule has 1 N–H and O–H groups in total. The number of aromatic amines is 1. The van der Waals surface area contributed by atoms with Crippen molar-refractivity contribution in [2.45, 2.75) is 0 Å². The molecule has 0 amide bonds. The third-order valence-corrected chi connectivity index (χ3v) is 2.87. The van der Waals surface area contributed by atoms with E-state index >= 15 is 0 Å². The molecule has 0 unspecified atom stereocenters. The molecule has 0 spiro atoms. The minimum atomic E-state index is -4.41. The van der Waals surface area contributed by atoms with Crippen LogP contribution >= 0.6 is 0 Å². The van der Waals surface area contributed by atoms with Crippen LogP contribution in [0.5, 0.6) is 0 Å². The van der Waals surface area contributed by atoms with Gasteiger partial charge in [-0.15, -0.1) is 0 Å². The predicted octanol–water partition coefficient (Wildman–Crippen LogP) is -2.01. The van der Waals surface area contributed by atoms with Crippen molar-refractivity contribution in [1.82, 2.24) is 4.98 Å². The summed E-state index contributed by atoms with van der Waals surface area (Å²) >= 11 is 1.20. The Labute approximate surface area is 120 Å². The summed E-state index contributed by atoms with van der Waals surface area (Å²) in [5, 5.41) is 0. The van der Waals surface area contributed by atoms with Gasteiger partial charge in [-0.25, -0.2) is 16.8 Å². The SMILES string of the molecule is COS(=O)(=O)[O-].COS(=O)(=O)[O-].[In+2][c]1ccc[nH]1. The number of hydrogen-bond acceptors (Lipinski definition) is 8. The van der Waals surface area contributed by atoms with Crippen LogP contribution in [-0.4, -0.2) is 69.5 Å². The van der Waals surface area contributed by atoms with E-state index in [4.69, 9.17) is 0 Å². The van der Waals surface area contributed by atoms with Crippen molar-refractivity contribution in [1.29, 1.82) is 0 Å². The van der Waals surface area contributed by atoms with Crippen molar-refractivity contribution < 1.29 is 34.3 Å². The summed E-state index contributed by atoms with van der Waals surface area (Å²) in [6, 6.07) is 4.10. The van der Waals surface area contributed by atoms with Gasteiger partial charge in [0.25, 0.3) is 0 Å². The van der Waals surface area contributed by atoms with Crippen molar-refractivity contribution in [3.8, 4) is 0 Å². The van der Waals surface area contributed by atoms with Crippen molar-refractivity contribution >= 4 is 48.6 Å². The van der Waals surface area contributed by atoms with Crippen LogP contribution in [0.3, 0.4) is 0 Å². The molecule has 0 saturated heterocycles. The second kappa shape index (κ2) is 9.77. The molecule has 0 aromatic carbocycles. The molecule has 0 fully saturated rings. The van der Waals surface area contributed by atoms with Crippen LogP contribution < -0.4 is 3.45 Å². The normalized spacial score (nSPS) is 10.8. The van der Waals surface area contributed by atoms with Gasteiger partial charge in [-0.1, -0.05) is 0 Å². The molecule has 0 aliphatic rings. The molecule has 0 radical (unpaired) electrons. The van der Waals surface area contributed by atoms with Crippen LogP contribution in [0.4, 0.5) is 0 Å². The standard InChI is InChI=1S/C4H4N.2CH4O4S.In/c1-2-4-5-3-1;2*1-5-6(2,3)4;/h1-3,5H;2*1H3,(H,2,3,4);/q;;;+2/p-2. The Morgan fingerprint density at radius 3 is 1.50 bits per heavy atom. The molecule has 12 heteroatoms. The summed E-state index contributed by atoms with van der Waals surface area (Å²) in [7, 11) is -7.21. The third kappa shape index (κ3) is 21.2. The summed E-state index contributed by atoms with van der Waals surface area (Å²) in [5.41, 5.74) is 0. The Hall–Kier alpha value is -0.110. The van der Waals surface area contributed by atoms with Gasteiger partial charge in [0, 0.05) is 0 Å². The second-order valence-corrected chi connectivity index (χ2v) is 6.35. The number of aromatic nitrogens is 1. The van der Waals surface area contributed by atoms with Crippen LogP contribution in [0.15, 0.2) is 18.3 Å². The van der Waals surface area contributed by atoms with Crippen LogP contribution in [0.2, 0.25) is 0 Å². The monoisotopic (exact) mass is 403 g/mol. The van der Waals surface area contributed by atoms with Gasteiger partial charge in [0.1, 0.15) is 0 Å². The Balaban J connectivity index is 0. The molecule has 102 valence electrons. The summed E-state index contributed by atoms with van der Waals surface area (Å²) < 4.78 is 63.4. The second-order valence-electron chi connectivity index (χ2n) is 2.28. The number of hydrogen-bond donors (Lipinski definition) is 1. The zero-order valence-electron chi connectivity index (χ0n) is 9.39. The molecule has 9 nitrogen and oxygen atoms in total. The molecule has 1 rings (SSSR count). The molecule has 0 atom stereocenters. The van der Waals surface area contributed by atoms with Gasteiger partial charge in [0.05, 0.1) is 14.2 Å². The van der Waals surface area contributed by atoms with Crippen LogP contribution in [0, 0.1) is 0 Å². The van der Waals surface area contributed by atoms with Gasteiger partial charge < -0.3 is 9.11 Å². The van der Waals surface area contributed by atoms with E-state index < -0.39 is 20.8 Å². The average molecular weight is 403 g/mol. The van der Waals surface area contributed by atoms with Crippen LogP contribution in [0.25, 0.3) is 0 Å². The minimum absolute atomic E-state index is 0.808. The summed E-state index contributed by atoms with van der Waals surface area (Å²) in [5.74, 6) is 0. The van der Waals surface area contributed by atoms with Gasteiger partial charge in [0.15, 0.2) is 0 Å². The zero-order chi connectivity index (χ0) is 14.8. The zero-order valence-corrected chi connectivity index (χ0v) is 14.3. The fraction of sp³-hybridized carbons (Fsp3) is 0.333. The average Bonchev–Trinajstić information content (AvgIpc) is 2.69. The number of H-pyrrole nitrogens is 1. The number of nitrogens with one attached hydrogen (secondary N) is 1. The third-order valence-electron chi connectivity index (χ3n) is 1.03. The van der Waals surface area contributed by atoms with E-state index in [1.807, 2.05) is 12.3 Å². The van der Waals surface area contributed by atoms with Crippen molar-refractivity contribution in [3.05, 3.63) is 18.3 Å². The fourth-order valence-corrected chi connectivity index (χ4v) is 0.936. The maximum absolute atomic E-state index is 9.22. The molecule has 18 heavy (non-hydrogen) atoms. The Morgan fingerprint density at radius 2 is 1.44 bits per heavy atom. The molecular weight excluding hydrogens is 393 g/mol. The van der Waals surface area contributed by atoms with Gasteiger partial charge in [-0.05, 0) is 0 Å². The van der Waals surface area contributed by atoms with E-state index in [0.717, 1.165) is 14.2 Å².